The zero-order valence-electron chi connectivity index (χ0n) is 57.8. The fourth-order valence-corrected chi connectivity index (χ4v) is 11.4. The average Bonchev–Trinajstić information content (AvgIpc) is 3.49. The molecule has 0 bridgehead atoms. The molecule has 0 aromatic carbocycles. The maximum absolute atomic E-state index is 12.2. The van der Waals surface area contributed by atoms with Crippen molar-refractivity contribution in [2.75, 3.05) is 19.8 Å². The molecule has 0 amide bonds. The topological polar surface area (TPSA) is 81.7 Å². The average molecular weight is 1180 g/mol. The third-order valence-corrected chi connectivity index (χ3v) is 17.2. The van der Waals surface area contributed by atoms with Crippen molar-refractivity contribution >= 4 is 17.7 Å². The summed E-state index contributed by atoms with van der Waals surface area (Å²) in [5.74, 6) is 0.995. The van der Waals surface area contributed by atoms with Crippen molar-refractivity contribution in [3.63, 3.8) is 0 Å². The van der Waals surface area contributed by atoms with Gasteiger partial charge in [0.2, 0.25) is 0 Å². The van der Waals surface area contributed by atoms with E-state index < -0.39 is 0 Å². The van der Waals surface area contributed by atoms with Crippen molar-refractivity contribution in [3.8, 4) is 0 Å². The van der Waals surface area contributed by atoms with Gasteiger partial charge < -0.3 is 14.8 Å². The third kappa shape index (κ3) is 72.3. The molecular formula is C78H149NO5. The maximum Gasteiger partial charge on any atom is 0.330 e. The fourth-order valence-electron chi connectivity index (χ4n) is 11.4. The summed E-state index contributed by atoms with van der Waals surface area (Å²) in [7, 11) is 0. The number of hydrogen-bond acceptors (Lipinski definition) is 6. The molecule has 1 atom stereocenters. The number of allylic oxidation sites excluding steroid dienone is 5. The normalized spacial score (nSPS) is 12.1. The SMILES string of the molecule is CCCCC/C=C\CCCC(CCC/C=C\CCCCC)CNC(CCCCC=CC(=O)OCCCCCCCCCC)CCCCCCCCCC.CCCCCCCCCCOC(=O)CCCCCCC(=O)CCCCCCCCCC. The van der Waals surface area contributed by atoms with E-state index in [0.29, 0.717) is 31.5 Å². The summed E-state index contributed by atoms with van der Waals surface area (Å²) in [6, 6.07) is 0.620. The molecule has 0 saturated carbocycles. The van der Waals surface area contributed by atoms with Gasteiger partial charge in [0, 0.05) is 31.4 Å². The summed E-state index contributed by atoms with van der Waals surface area (Å²) < 4.78 is 10.8. The largest absolute Gasteiger partial charge is 0.466 e. The van der Waals surface area contributed by atoms with E-state index in [9.17, 15) is 14.4 Å². The van der Waals surface area contributed by atoms with E-state index in [-0.39, 0.29) is 11.9 Å². The number of ketones is 1. The molecule has 84 heavy (non-hydrogen) atoms. The van der Waals surface area contributed by atoms with Crippen molar-refractivity contribution in [3.05, 3.63) is 36.5 Å². The molecule has 0 spiro atoms. The second kappa shape index (κ2) is 75.0. The Morgan fingerprint density at radius 3 is 1.05 bits per heavy atom. The number of unbranched alkanes of at least 4 members (excludes halogenated alkanes) is 41. The minimum atomic E-state index is -0.160. The van der Waals surface area contributed by atoms with Crippen LogP contribution in [0.1, 0.15) is 414 Å². The van der Waals surface area contributed by atoms with Crippen molar-refractivity contribution < 1.29 is 23.9 Å². The summed E-state index contributed by atoms with van der Waals surface area (Å²) in [4.78, 5) is 35.9. The highest BCUT2D eigenvalue weighted by molar-refractivity contribution is 5.81. The van der Waals surface area contributed by atoms with E-state index >= 15 is 0 Å². The number of rotatable bonds is 68. The van der Waals surface area contributed by atoms with E-state index in [4.69, 9.17) is 9.47 Å². The Morgan fingerprint density at radius 2 is 0.619 bits per heavy atom. The Labute approximate surface area is 526 Å². The molecule has 0 radical (unpaired) electrons. The lowest BCUT2D eigenvalue weighted by atomic mass is 9.94. The van der Waals surface area contributed by atoms with Crippen LogP contribution in [0.15, 0.2) is 36.5 Å². The summed E-state index contributed by atoms with van der Waals surface area (Å²) in [5, 5.41) is 4.12. The number of carbonyl (C=O) groups excluding carboxylic acids is 3. The van der Waals surface area contributed by atoms with Crippen LogP contribution in [0.25, 0.3) is 0 Å². The lowest BCUT2D eigenvalue weighted by molar-refractivity contribution is -0.144. The predicted molar refractivity (Wildman–Crippen MR) is 371 cm³/mol. The van der Waals surface area contributed by atoms with Gasteiger partial charge in [0.1, 0.15) is 5.78 Å². The molecule has 0 fully saturated rings. The second-order valence-electron chi connectivity index (χ2n) is 25.7. The minimum absolute atomic E-state index is 0.0475. The lowest BCUT2D eigenvalue weighted by Crippen LogP contribution is -2.33. The Hall–Kier alpha value is -2.21. The number of hydrogen-bond donors (Lipinski definition) is 1. The second-order valence-corrected chi connectivity index (χ2v) is 25.7. The van der Waals surface area contributed by atoms with Gasteiger partial charge in [-0.05, 0) is 134 Å². The van der Waals surface area contributed by atoms with Gasteiger partial charge >= 0.3 is 11.9 Å². The van der Waals surface area contributed by atoms with E-state index in [1.807, 2.05) is 6.08 Å². The van der Waals surface area contributed by atoms with Crippen LogP contribution in [0.5, 0.6) is 0 Å². The smallest absolute Gasteiger partial charge is 0.330 e. The fraction of sp³-hybridized carbons (Fsp3) is 0.885. The molecule has 1 N–H and O–H groups in total. The Bertz CT molecular complexity index is 1360. The molecule has 0 saturated heterocycles. The van der Waals surface area contributed by atoms with Crippen molar-refractivity contribution in [1.29, 1.82) is 0 Å². The Kier molecular flexibility index (Phi) is 74.9. The number of Topliss-reactive ketones (excluding diaryl/α,β-unsaturated/α-hetero) is 1. The van der Waals surface area contributed by atoms with E-state index in [1.165, 1.54) is 302 Å². The van der Waals surface area contributed by atoms with Crippen LogP contribution in [0, 0.1) is 5.92 Å². The highest BCUT2D eigenvalue weighted by Gasteiger charge is 2.14. The highest BCUT2D eigenvalue weighted by atomic mass is 16.5. The molecule has 0 aromatic heterocycles. The van der Waals surface area contributed by atoms with Gasteiger partial charge in [0.15, 0.2) is 0 Å². The van der Waals surface area contributed by atoms with E-state index in [1.54, 1.807) is 6.08 Å². The summed E-state index contributed by atoms with van der Waals surface area (Å²) in [5.41, 5.74) is 0. The molecule has 0 aliphatic rings. The van der Waals surface area contributed by atoms with Crippen molar-refractivity contribution in [2.45, 2.75) is 420 Å². The Balaban J connectivity index is 0. The van der Waals surface area contributed by atoms with Crippen LogP contribution in [-0.2, 0) is 23.9 Å². The van der Waals surface area contributed by atoms with Crippen LogP contribution in [0.2, 0.25) is 0 Å². The number of carbonyl (C=O) groups is 3. The standard InChI is InChI=1S/C50H95NO2.C28H54O3/c1-5-9-13-17-21-25-29-35-41-48(42-36-30-26-22-18-14-10-6-2)47-51-49(43-37-31-27-23-19-15-11-7-3)44-38-32-33-39-45-50(52)53-46-40-34-28-24-20-16-12-8-4;1-3-5-7-9-11-13-15-19-23-27(29)24-20-16-17-21-25-28(30)31-26-22-18-14-12-10-8-6-4-2/h21-22,25-26,39,45,48-49,51H,5-20,23-24,27-38,40-44,46-47H2,1-4H3;3-26H2,1-2H3/b25-21-,26-22-,45-39?;. The van der Waals surface area contributed by atoms with Gasteiger partial charge in [0.05, 0.1) is 13.2 Å². The summed E-state index contributed by atoms with van der Waals surface area (Å²) >= 11 is 0. The van der Waals surface area contributed by atoms with Gasteiger partial charge in [-0.1, -0.05) is 303 Å². The molecule has 0 aliphatic carbocycles. The van der Waals surface area contributed by atoms with Crippen LogP contribution in [-0.4, -0.2) is 43.5 Å². The van der Waals surface area contributed by atoms with Crippen LogP contribution >= 0.6 is 0 Å². The quantitative estimate of drug-likeness (QED) is 0.0283. The molecular weight excluding hydrogens is 1030 g/mol. The minimum Gasteiger partial charge on any atom is -0.466 e. The zero-order valence-corrected chi connectivity index (χ0v) is 57.8. The molecule has 0 heterocycles. The predicted octanol–water partition coefficient (Wildman–Crippen LogP) is 25.6. The van der Waals surface area contributed by atoms with Crippen LogP contribution in [0.3, 0.4) is 0 Å². The molecule has 6 heteroatoms. The van der Waals surface area contributed by atoms with Gasteiger partial charge in [-0.2, -0.15) is 0 Å². The zero-order chi connectivity index (χ0) is 61.4. The maximum atomic E-state index is 12.2. The first-order valence-corrected chi connectivity index (χ1v) is 37.9. The highest BCUT2D eigenvalue weighted by Crippen LogP contribution is 2.21. The number of esters is 2. The molecule has 1 unspecified atom stereocenters. The molecule has 496 valence electrons. The van der Waals surface area contributed by atoms with Crippen LogP contribution < -0.4 is 5.32 Å². The summed E-state index contributed by atoms with van der Waals surface area (Å²) in [6.45, 7) is 16.0. The van der Waals surface area contributed by atoms with Gasteiger partial charge in [-0.3, -0.25) is 9.59 Å². The van der Waals surface area contributed by atoms with Crippen molar-refractivity contribution in [2.24, 2.45) is 5.92 Å². The van der Waals surface area contributed by atoms with Gasteiger partial charge in [-0.15, -0.1) is 0 Å². The van der Waals surface area contributed by atoms with E-state index in [2.05, 4.69) is 71.2 Å². The van der Waals surface area contributed by atoms with Gasteiger partial charge in [-0.25, -0.2) is 4.79 Å². The van der Waals surface area contributed by atoms with E-state index in [0.717, 1.165) is 76.5 Å². The van der Waals surface area contributed by atoms with Gasteiger partial charge in [0.25, 0.3) is 0 Å². The Morgan fingerprint density at radius 1 is 0.310 bits per heavy atom. The number of ether oxygens (including phenoxy) is 2. The number of nitrogens with one attached hydrogen (secondary N) is 1. The summed E-state index contributed by atoms with van der Waals surface area (Å²) in [6.07, 6.45) is 85.3. The molecule has 6 nitrogen and oxygen atoms in total. The monoisotopic (exact) mass is 1180 g/mol. The molecule has 0 aromatic rings. The molecule has 0 aliphatic heterocycles. The first-order valence-electron chi connectivity index (χ1n) is 37.9. The lowest BCUT2D eigenvalue weighted by Gasteiger charge is -2.23. The van der Waals surface area contributed by atoms with Crippen LogP contribution in [0.4, 0.5) is 0 Å². The first kappa shape index (κ1) is 83.9. The molecule has 0 rings (SSSR count). The third-order valence-electron chi connectivity index (χ3n) is 17.2. The first-order chi connectivity index (χ1) is 41.4. The van der Waals surface area contributed by atoms with Crippen molar-refractivity contribution in [1.82, 2.24) is 5.32 Å².